The van der Waals surface area contributed by atoms with E-state index in [9.17, 15) is 4.79 Å². The number of hydrogen-bond donors (Lipinski definition) is 1. The number of hydrogen-bond acceptors (Lipinski definition) is 3. The normalized spacial score (nSPS) is 12.3. The molecule has 2 nitrogen and oxygen atoms in total. The Labute approximate surface area is 144 Å². The molecule has 1 atom stereocenters. The van der Waals surface area contributed by atoms with Gasteiger partial charge in [-0.3, -0.25) is 4.79 Å². The average Bonchev–Trinajstić information content (AvgIpc) is 2.52. The molecule has 0 aliphatic rings. The number of rotatable bonds is 16. The number of esters is 1. The van der Waals surface area contributed by atoms with Crippen LogP contribution in [-0.2, 0) is 9.53 Å². The summed E-state index contributed by atoms with van der Waals surface area (Å²) in [6.07, 6.45) is 18.7. The standard InChI is InChI=1S/C19H38O2S/c1-3-4-5-6-7-8-9-12-15-18(22)16-13-10-11-14-17-19(20)21-2/h18,22H,3-17H2,1-2H3. The first kappa shape index (κ1) is 21.8. The molecule has 0 aliphatic carbocycles. The molecule has 0 aromatic carbocycles. The number of unbranched alkanes of at least 4 members (excludes halogenated alkanes) is 10. The molecule has 0 saturated carbocycles. The fourth-order valence-electron chi connectivity index (χ4n) is 2.76. The van der Waals surface area contributed by atoms with E-state index in [1.54, 1.807) is 0 Å². The zero-order chi connectivity index (χ0) is 16.5. The molecule has 1 unspecified atom stereocenters. The Kier molecular flexibility index (Phi) is 17.0. The van der Waals surface area contributed by atoms with Crippen LogP contribution in [0.25, 0.3) is 0 Å². The first-order valence-electron chi connectivity index (χ1n) is 9.45. The predicted octanol–water partition coefficient (Wildman–Crippen LogP) is 6.33. The highest BCUT2D eigenvalue weighted by atomic mass is 32.1. The molecule has 132 valence electrons. The Morgan fingerprint density at radius 3 is 1.77 bits per heavy atom. The van der Waals surface area contributed by atoms with Crippen molar-refractivity contribution >= 4 is 18.6 Å². The second-order valence-electron chi connectivity index (χ2n) is 6.45. The molecule has 3 heteroatoms. The smallest absolute Gasteiger partial charge is 0.305 e. The third-order valence-electron chi connectivity index (χ3n) is 4.29. The molecule has 0 bridgehead atoms. The summed E-state index contributed by atoms with van der Waals surface area (Å²) in [5, 5.41) is 0.570. The highest BCUT2D eigenvalue weighted by molar-refractivity contribution is 7.80. The zero-order valence-electron chi connectivity index (χ0n) is 14.9. The third-order valence-corrected chi connectivity index (χ3v) is 4.80. The summed E-state index contributed by atoms with van der Waals surface area (Å²) in [7, 11) is 1.46. The van der Waals surface area contributed by atoms with Crippen LogP contribution < -0.4 is 0 Å². The molecule has 0 saturated heterocycles. The van der Waals surface area contributed by atoms with Crippen molar-refractivity contribution in [1.29, 1.82) is 0 Å². The molecule has 0 rings (SSSR count). The van der Waals surface area contributed by atoms with Crippen LogP contribution in [0, 0.1) is 0 Å². The van der Waals surface area contributed by atoms with Crippen molar-refractivity contribution in [2.45, 2.75) is 108 Å². The van der Waals surface area contributed by atoms with Crippen molar-refractivity contribution in [2.75, 3.05) is 7.11 Å². The van der Waals surface area contributed by atoms with Gasteiger partial charge < -0.3 is 4.74 Å². The molecular weight excluding hydrogens is 292 g/mol. The van der Waals surface area contributed by atoms with Crippen LogP contribution in [0.1, 0.15) is 103 Å². The summed E-state index contributed by atoms with van der Waals surface area (Å²) in [4.78, 5) is 11.0. The number of carbonyl (C=O) groups excluding carboxylic acids is 1. The maximum absolute atomic E-state index is 11.0. The summed E-state index contributed by atoms with van der Waals surface area (Å²) < 4.78 is 4.64. The van der Waals surface area contributed by atoms with Crippen LogP contribution in [0.5, 0.6) is 0 Å². The monoisotopic (exact) mass is 330 g/mol. The number of methoxy groups -OCH3 is 1. The van der Waals surface area contributed by atoms with Crippen molar-refractivity contribution in [3.63, 3.8) is 0 Å². The van der Waals surface area contributed by atoms with Gasteiger partial charge in [-0.15, -0.1) is 0 Å². The van der Waals surface area contributed by atoms with E-state index < -0.39 is 0 Å². The van der Waals surface area contributed by atoms with Gasteiger partial charge in [0.25, 0.3) is 0 Å². The van der Waals surface area contributed by atoms with Crippen LogP contribution in [0.2, 0.25) is 0 Å². The van der Waals surface area contributed by atoms with Gasteiger partial charge in [-0.25, -0.2) is 0 Å². The Balaban J connectivity index is 3.19. The maximum Gasteiger partial charge on any atom is 0.305 e. The van der Waals surface area contributed by atoms with E-state index in [0.29, 0.717) is 11.7 Å². The van der Waals surface area contributed by atoms with Crippen LogP contribution in [0.15, 0.2) is 0 Å². The number of carbonyl (C=O) groups is 1. The maximum atomic E-state index is 11.0. The van der Waals surface area contributed by atoms with Crippen molar-refractivity contribution in [2.24, 2.45) is 0 Å². The fourth-order valence-corrected chi connectivity index (χ4v) is 3.13. The third kappa shape index (κ3) is 16.2. The summed E-state index contributed by atoms with van der Waals surface area (Å²) in [5.74, 6) is -0.0817. The lowest BCUT2D eigenvalue weighted by Crippen LogP contribution is -2.00. The first-order chi connectivity index (χ1) is 10.7. The molecule has 0 amide bonds. The summed E-state index contributed by atoms with van der Waals surface area (Å²) >= 11 is 4.70. The van der Waals surface area contributed by atoms with Crippen LogP contribution in [0.3, 0.4) is 0 Å². The van der Waals surface area contributed by atoms with Gasteiger partial charge in [0.15, 0.2) is 0 Å². The topological polar surface area (TPSA) is 26.3 Å². The molecule has 0 fully saturated rings. The molecule has 0 aromatic heterocycles. The van der Waals surface area contributed by atoms with E-state index in [4.69, 9.17) is 12.6 Å². The Morgan fingerprint density at radius 2 is 1.27 bits per heavy atom. The van der Waals surface area contributed by atoms with Crippen molar-refractivity contribution in [1.82, 2.24) is 0 Å². The average molecular weight is 331 g/mol. The van der Waals surface area contributed by atoms with Crippen molar-refractivity contribution in [3.05, 3.63) is 0 Å². The van der Waals surface area contributed by atoms with Crippen LogP contribution in [0.4, 0.5) is 0 Å². The lowest BCUT2D eigenvalue weighted by molar-refractivity contribution is -0.140. The van der Waals surface area contributed by atoms with E-state index in [1.807, 2.05) is 0 Å². The highest BCUT2D eigenvalue weighted by Gasteiger charge is 2.04. The SMILES string of the molecule is CCCCCCCCCCC(S)CCCCCCC(=O)OC. The van der Waals surface area contributed by atoms with Crippen LogP contribution >= 0.6 is 12.6 Å². The molecule has 0 aromatic rings. The lowest BCUT2D eigenvalue weighted by atomic mass is 10.0. The van der Waals surface area contributed by atoms with Gasteiger partial charge >= 0.3 is 5.97 Å². The molecular formula is C19H38O2S. The number of thiol groups is 1. The second-order valence-corrected chi connectivity index (χ2v) is 7.18. The van der Waals surface area contributed by atoms with Crippen LogP contribution in [-0.4, -0.2) is 18.3 Å². The Bertz CT molecular complexity index is 244. The summed E-state index contributed by atoms with van der Waals surface area (Å²) in [5.41, 5.74) is 0. The van der Waals surface area contributed by atoms with E-state index in [0.717, 1.165) is 12.8 Å². The highest BCUT2D eigenvalue weighted by Crippen LogP contribution is 2.17. The zero-order valence-corrected chi connectivity index (χ0v) is 15.8. The first-order valence-corrected chi connectivity index (χ1v) is 9.97. The van der Waals surface area contributed by atoms with E-state index in [1.165, 1.54) is 84.2 Å². The van der Waals surface area contributed by atoms with Gasteiger partial charge in [0.05, 0.1) is 7.11 Å². The summed E-state index contributed by atoms with van der Waals surface area (Å²) in [6, 6.07) is 0. The van der Waals surface area contributed by atoms with Gasteiger partial charge in [0.1, 0.15) is 0 Å². The number of ether oxygens (including phenoxy) is 1. The molecule has 0 N–H and O–H groups in total. The van der Waals surface area contributed by atoms with E-state index in [2.05, 4.69) is 11.7 Å². The van der Waals surface area contributed by atoms with Gasteiger partial charge in [0.2, 0.25) is 0 Å². The Morgan fingerprint density at radius 1 is 0.818 bits per heavy atom. The second kappa shape index (κ2) is 17.2. The van der Waals surface area contributed by atoms with Gasteiger partial charge in [0, 0.05) is 11.7 Å². The van der Waals surface area contributed by atoms with Crippen molar-refractivity contribution < 1.29 is 9.53 Å². The van der Waals surface area contributed by atoms with E-state index in [-0.39, 0.29) is 5.97 Å². The minimum Gasteiger partial charge on any atom is -0.469 e. The van der Waals surface area contributed by atoms with Crippen molar-refractivity contribution in [3.8, 4) is 0 Å². The largest absolute Gasteiger partial charge is 0.469 e. The predicted molar refractivity (Wildman–Crippen MR) is 99.7 cm³/mol. The van der Waals surface area contributed by atoms with Gasteiger partial charge in [-0.05, 0) is 19.3 Å². The minimum absolute atomic E-state index is 0.0817. The van der Waals surface area contributed by atoms with Gasteiger partial charge in [-0.2, -0.15) is 12.6 Å². The van der Waals surface area contributed by atoms with Gasteiger partial charge in [-0.1, -0.05) is 77.6 Å². The molecule has 0 radical (unpaired) electrons. The summed E-state index contributed by atoms with van der Waals surface area (Å²) in [6.45, 7) is 2.27. The quantitative estimate of drug-likeness (QED) is 0.203. The Hall–Kier alpha value is -0.180. The lowest BCUT2D eigenvalue weighted by Gasteiger charge is -2.10. The molecule has 0 aliphatic heterocycles. The molecule has 0 heterocycles. The molecule has 0 spiro atoms. The fraction of sp³-hybridized carbons (Fsp3) is 0.947. The molecule has 22 heavy (non-hydrogen) atoms. The minimum atomic E-state index is -0.0817. The van der Waals surface area contributed by atoms with E-state index >= 15 is 0 Å².